The van der Waals surface area contributed by atoms with Crippen LogP contribution in [0.1, 0.15) is 50.1 Å². The highest BCUT2D eigenvalue weighted by Crippen LogP contribution is 2.39. The molecule has 1 aromatic rings. The zero-order chi connectivity index (χ0) is 16.6. The average Bonchev–Trinajstić information content (AvgIpc) is 3.10. The van der Waals surface area contributed by atoms with E-state index in [0.717, 1.165) is 43.2 Å². The van der Waals surface area contributed by atoms with Crippen LogP contribution in [-0.2, 0) is 11.2 Å². The Hall–Kier alpha value is -0.780. The van der Waals surface area contributed by atoms with Gasteiger partial charge >= 0.3 is 6.09 Å². The topological polar surface area (TPSA) is 41.6 Å². The zero-order valence-corrected chi connectivity index (χ0v) is 15.6. The second kappa shape index (κ2) is 6.61. The second-order valence-electron chi connectivity index (χ2n) is 7.51. The quantitative estimate of drug-likeness (QED) is 0.880. The lowest BCUT2D eigenvalue weighted by Gasteiger charge is -2.24. The molecule has 0 spiro atoms. The molecule has 23 heavy (non-hydrogen) atoms. The number of rotatable bonds is 3. The maximum Gasteiger partial charge on any atom is 0.410 e. The summed E-state index contributed by atoms with van der Waals surface area (Å²) in [7, 11) is 0. The van der Waals surface area contributed by atoms with Gasteiger partial charge in [-0.2, -0.15) is 0 Å². The Morgan fingerprint density at radius 3 is 3.00 bits per heavy atom. The molecule has 1 aliphatic carbocycles. The highest BCUT2D eigenvalue weighted by Gasteiger charge is 2.31. The molecule has 3 rings (SSSR count). The molecule has 0 aromatic carbocycles. The average molecular weight is 357 g/mol. The van der Waals surface area contributed by atoms with Gasteiger partial charge in [0.2, 0.25) is 0 Å². The minimum Gasteiger partial charge on any atom is -0.444 e. The van der Waals surface area contributed by atoms with Gasteiger partial charge in [-0.15, -0.1) is 11.3 Å². The van der Waals surface area contributed by atoms with Crippen LogP contribution in [0.25, 0.3) is 0 Å². The number of carbonyl (C=O) groups is 1. The Morgan fingerprint density at radius 2 is 2.26 bits per heavy atom. The number of ether oxygens (including phenoxy) is 1. The van der Waals surface area contributed by atoms with Crippen LogP contribution < -0.4 is 5.32 Å². The fourth-order valence-electron chi connectivity index (χ4n) is 3.34. The number of aryl methyl sites for hydroxylation is 1. The second-order valence-corrected chi connectivity index (χ2v) is 9.28. The molecule has 1 aliphatic heterocycles. The van der Waals surface area contributed by atoms with Crippen molar-refractivity contribution in [3.05, 3.63) is 20.8 Å². The minimum atomic E-state index is -0.425. The summed E-state index contributed by atoms with van der Waals surface area (Å²) in [6, 6.07) is 2.53. The van der Waals surface area contributed by atoms with Crippen molar-refractivity contribution in [3.63, 3.8) is 0 Å². The SMILES string of the molecule is CC(C)(C)OC(=O)N1CCC(CNC2CCc3sc(Cl)cc32)C1. The third kappa shape index (κ3) is 4.20. The molecule has 6 heteroatoms. The van der Waals surface area contributed by atoms with Gasteiger partial charge in [-0.1, -0.05) is 11.6 Å². The molecule has 2 aliphatic rings. The van der Waals surface area contributed by atoms with Crippen LogP contribution in [0.4, 0.5) is 4.79 Å². The van der Waals surface area contributed by atoms with Crippen molar-refractivity contribution in [1.82, 2.24) is 10.2 Å². The molecule has 1 amide bonds. The summed E-state index contributed by atoms with van der Waals surface area (Å²) in [5, 5.41) is 3.67. The van der Waals surface area contributed by atoms with Crippen LogP contribution in [0.2, 0.25) is 4.34 Å². The number of nitrogens with one attached hydrogen (secondary N) is 1. The predicted molar refractivity (Wildman–Crippen MR) is 94.3 cm³/mol. The van der Waals surface area contributed by atoms with E-state index < -0.39 is 5.60 Å². The summed E-state index contributed by atoms with van der Waals surface area (Å²) >= 11 is 7.81. The molecular weight excluding hydrogens is 332 g/mol. The van der Waals surface area contributed by atoms with Gasteiger partial charge < -0.3 is 15.0 Å². The molecule has 1 aromatic heterocycles. The lowest BCUT2D eigenvalue weighted by Crippen LogP contribution is -2.36. The van der Waals surface area contributed by atoms with Gasteiger partial charge in [-0.05, 0) is 57.6 Å². The first-order valence-electron chi connectivity index (χ1n) is 8.31. The molecule has 4 nitrogen and oxygen atoms in total. The minimum absolute atomic E-state index is 0.187. The van der Waals surface area contributed by atoms with Crippen molar-refractivity contribution in [3.8, 4) is 0 Å². The first-order valence-corrected chi connectivity index (χ1v) is 9.50. The Labute approximate surface area is 147 Å². The summed E-state index contributed by atoms with van der Waals surface area (Å²) in [4.78, 5) is 15.4. The molecule has 2 unspecified atom stereocenters. The van der Waals surface area contributed by atoms with Crippen molar-refractivity contribution < 1.29 is 9.53 Å². The largest absolute Gasteiger partial charge is 0.444 e. The Bertz CT molecular complexity index is 582. The Morgan fingerprint density at radius 1 is 1.48 bits per heavy atom. The van der Waals surface area contributed by atoms with E-state index in [9.17, 15) is 4.79 Å². The van der Waals surface area contributed by atoms with Crippen molar-refractivity contribution in [2.24, 2.45) is 5.92 Å². The highest BCUT2D eigenvalue weighted by atomic mass is 35.5. The van der Waals surface area contributed by atoms with E-state index in [1.54, 1.807) is 11.3 Å². The Kier molecular flexibility index (Phi) is 4.90. The lowest BCUT2D eigenvalue weighted by atomic mass is 10.1. The van der Waals surface area contributed by atoms with Crippen molar-refractivity contribution in [2.45, 2.75) is 51.7 Å². The van der Waals surface area contributed by atoms with Gasteiger partial charge in [-0.25, -0.2) is 4.79 Å². The normalized spacial score (nSPS) is 24.1. The fraction of sp³-hybridized carbons (Fsp3) is 0.706. The summed E-state index contributed by atoms with van der Waals surface area (Å²) < 4.78 is 6.34. The molecule has 1 N–H and O–H groups in total. The van der Waals surface area contributed by atoms with Crippen molar-refractivity contribution in [2.75, 3.05) is 19.6 Å². The van der Waals surface area contributed by atoms with Crippen molar-refractivity contribution >= 4 is 29.0 Å². The smallest absolute Gasteiger partial charge is 0.410 e. The van der Waals surface area contributed by atoms with Gasteiger partial charge in [0.1, 0.15) is 5.60 Å². The number of hydrogen-bond donors (Lipinski definition) is 1. The molecule has 1 saturated heterocycles. The highest BCUT2D eigenvalue weighted by molar-refractivity contribution is 7.16. The van der Waals surface area contributed by atoms with Gasteiger partial charge in [0, 0.05) is 30.6 Å². The zero-order valence-electron chi connectivity index (χ0n) is 14.0. The number of nitrogens with zero attached hydrogens (tertiary/aromatic N) is 1. The molecule has 1 fully saturated rings. The van der Waals surface area contributed by atoms with E-state index in [1.807, 2.05) is 25.7 Å². The number of thiophene rings is 1. The van der Waals surface area contributed by atoms with Gasteiger partial charge in [0.25, 0.3) is 0 Å². The molecule has 128 valence electrons. The van der Waals surface area contributed by atoms with E-state index in [-0.39, 0.29) is 6.09 Å². The number of amides is 1. The van der Waals surface area contributed by atoms with Gasteiger partial charge in [0.15, 0.2) is 0 Å². The van der Waals surface area contributed by atoms with Crippen LogP contribution >= 0.6 is 22.9 Å². The van der Waals surface area contributed by atoms with E-state index in [4.69, 9.17) is 16.3 Å². The summed E-state index contributed by atoms with van der Waals surface area (Å²) in [5.41, 5.74) is 0.952. The molecular formula is C17H25ClN2O2S. The third-order valence-electron chi connectivity index (χ3n) is 4.44. The van der Waals surface area contributed by atoms with E-state index in [2.05, 4.69) is 11.4 Å². The number of hydrogen-bond acceptors (Lipinski definition) is 4. The Balaban J connectivity index is 1.47. The maximum absolute atomic E-state index is 12.1. The van der Waals surface area contributed by atoms with Crippen molar-refractivity contribution in [1.29, 1.82) is 0 Å². The lowest BCUT2D eigenvalue weighted by molar-refractivity contribution is 0.0288. The molecule has 0 radical (unpaired) electrons. The fourth-order valence-corrected chi connectivity index (χ4v) is 4.70. The summed E-state index contributed by atoms with van der Waals surface area (Å²) in [6.07, 6.45) is 3.13. The third-order valence-corrected chi connectivity index (χ3v) is 5.78. The molecule has 0 saturated carbocycles. The van der Waals surface area contributed by atoms with Gasteiger partial charge in [0.05, 0.1) is 4.34 Å². The van der Waals surface area contributed by atoms with Crippen LogP contribution in [0.15, 0.2) is 6.07 Å². The standard InChI is InChI=1S/C17H25ClN2O2S/c1-17(2,3)22-16(21)20-7-6-11(10-20)9-19-13-4-5-14-12(13)8-15(18)23-14/h8,11,13,19H,4-7,9-10H2,1-3H3. The van der Waals surface area contributed by atoms with Crippen LogP contribution in [0.5, 0.6) is 0 Å². The van der Waals surface area contributed by atoms with E-state index >= 15 is 0 Å². The van der Waals surface area contributed by atoms with Crippen LogP contribution in [0.3, 0.4) is 0 Å². The van der Waals surface area contributed by atoms with Crippen LogP contribution in [0, 0.1) is 5.92 Å². The first-order chi connectivity index (χ1) is 10.8. The number of carbonyl (C=O) groups excluding carboxylic acids is 1. The van der Waals surface area contributed by atoms with E-state index in [1.165, 1.54) is 10.4 Å². The molecule has 0 bridgehead atoms. The van der Waals surface area contributed by atoms with Crippen LogP contribution in [-0.4, -0.2) is 36.2 Å². The maximum atomic E-state index is 12.1. The monoisotopic (exact) mass is 356 g/mol. The number of likely N-dealkylation sites (tertiary alicyclic amines) is 1. The predicted octanol–water partition coefficient (Wildman–Crippen LogP) is 4.24. The summed E-state index contributed by atoms with van der Waals surface area (Å²) in [5.74, 6) is 0.501. The number of halogens is 1. The number of fused-ring (bicyclic) bond motifs is 1. The van der Waals surface area contributed by atoms with E-state index in [0.29, 0.717) is 12.0 Å². The summed E-state index contributed by atoms with van der Waals surface area (Å²) in [6.45, 7) is 8.24. The first kappa shape index (κ1) is 17.1. The molecule has 2 atom stereocenters. The molecule has 2 heterocycles. The van der Waals surface area contributed by atoms with Gasteiger partial charge in [-0.3, -0.25) is 0 Å².